The Kier molecular flexibility index (Phi) is 6.73. The molecule has 0 saturated heterocycles. The Bertz CT molecular complexity index is 1290. The van der Waals surface area contributed by atoms with Gasteiger partial charge in [-0.15, -0.1) is 21.5 Å². The van der Waals surface area contributed by atoms with Gasteiger partial charge in [0.2, 0.25) is 0 Å². The average Bonchev–Trinajstić information content (AvgIpc) is 3.41. The molecule has 3 heterocycles. The molecule has 0 aliphatic carbocycles. The number of fused-ring (bicyclic) bond motifs is 1. The summed E-state index contributed by atoms with van der Waals surface area (Å²) in [5.74, 6) is 2.40. The number of benzene rings is 2. The van der Waals surface area contributed by atoms with Crippen LogP contribution in [0.15, 0.2) is 82.4 Å². The molecule has 0 N–H and O–H groups in total. The molecule has 2 aromatic carbocycles. The summed E-state index contributed by atoms with van der Waals surface area (Å²) in [5.41, 5.74) is 3.35. The Morgan fingerprint density at radius 2 is 1.69 bits per heavy atom. The Morgan fingerprint density at radius 3 is 2.50 bits per heavy atom. The predicted octanol–water partition coefficient (Wildman–Crippen LogP) is 6.57. The first kappa shape index (κ1) is 21.5. The summed E-state index contributed by atoms with van der Waals surface area (Å²) in [5, 5.41) is 10.4. The van der Waals surface area contributed by atoms with E-state index in [9.17, 15) is 0 Å². The van der Waals surface area contributed by atoms with Crippen LogP contribution in [-0.2, 0) is 18.1 Å². The highest BCUT2D eigenvalue weighted by Crippen LogP contribution is 2.32. The van der Waals surface area contributed by atoms with Crippen molar-refractivity contribution in [1.29, 1.82) is 0 Å². The summed E-state index contributed by atoms with van der Waals surface area (Å²) in [6, 6.07) is 22.4. The SMILES string of the molecule is Clc1ccc(CSc2nnc(CSc3nc4ccccc4s3)n2Cc2ccccc2)cn1. The third kappa shape index (κ3) is 5.15. The molecule has 5 aromatic rings. The third-order valence-electron chi connectivity index (χ3n) is 4.73. The van der Waals surface area contributed by atoms with Crippen LogP contribution < -0.4 is 0 Å². The highest BCUT2D eigenvalue weighted by atomic mass is 35.5. The summed E-state index contributed by atoms with van der Waals surface area (Å²) >= 11 is 11.0. The second kappa shape index (κ2) is 10.0. The normalized spacial score (nSPS) is 11.3. The second-order valence-corrected chi connectivity index (χ2v) is 10.6. The van der Waals surface area contributed by atoms with E-state index in [0.717, 1.165) is 38.7 Å². The van der Waals surface area contributed by atoms with E-state index in [4.69, 9.17) is 16.6 Å². The first-order valence-electron chi connectivity index (χ1n) is 9.92. The molecule has 0 bridgehead atoms. The number of thiazole rings is 1. The van der Waals surface area contributed by atoms with Gasteiger partial charge in [-0.3, -0.25) is 0 Å². The van der Waals surface area contributed by atoms with Crippen LogP contribution in [0.1, 0.15) is 17.0 Å². The molecule has 3 aromatic heterocycles. The molecule has 9 heteroatoms. The van der Waals surface area contributed by atoms with Crippen molar-refractivity contribution in [3.8, 4) is 0 Å². The lowest BCUT2D eigenvalue weighted by Crippen LogP contribution is -2.06. The summed E-state index contributed by atoms with van der Waals surface area (Å²) in [7, 11) is 0. The Morgan fingerprint density at radius 1 is 0.844 bits per heavy atom. The number of nitrogens with zero attached hydrogens (tertiary/aromatic N) is 5. The lowest BCUT2D eigenvalue weighted by atomic mass is 10.2. The predicted molar refractivity (Wildman–Crippen MR) is 134 cm³/mol. The van der Waals surface area contributed by atoms with E-state index < -0.39 is 0 Å². The molecular weight excluding hydrogens is 478 g/mol. The van der Waals surface area contributed by atoms with Gasteiger partial charge in [0, 0.05) is 11.9 Å². The minimum absolute atomic E-state index is 0.500. The lowest BCUT2D eigenvalue weighted by Gasteiger charge is -2.10. The Balaban J connectivity index is 1.36. The molecule has 0 radical (unpaired) electrons. The molecule has 0 aliphatic rings. The van der Waals surface area contributed by atoms with Crippen LogP contribution in [0.25, 0.3) is 10.2 Å². The maximum atomic E-state index is 5.91. The summed E-state index contributed by atoms with van der Waals surface area (Å²) in [6.45, 7) is 0.727. The van der Waals surface area contributed by atoms with Crippen LogP contribution in [0.3, 0.4) is 0 Å². The van der Waals surface area contributed by atoms with Crippen molar-refractivity contribution < 1.29 is 0 Å². The van der Waals surface area contributed by atoms with E-state index in [0.29, 0.717) is 10.9 Å². The van der Waals surface area contributed by atoms with Gasteiger partial charge in [0.15, 0.2) is 9.50 Å². The van der Waals surface area contributed by atoms with Crippen molar-refractivity contribution in [1.82, 2.24) is 24.7 Å². The maximum Gasteiger partial charge on any atom is 0.191 e. The van der Waals surface area contributed by atoms with Crippen LogP contribution in [0.5, 0.6) is 0 Å². The fraction of sp³-hybridized carbons (Fsp3) is 0.130. The second-order valence-electron chi connectivity index (χ2n) is 6.98. The summed E-state index contributed by atoms with van der Waals surface area (Å²) in [4.78, 5) is 8.90. The first-order valence-corrected chi connectivity index (χ1v) is 13.1. The number of hydrogen-bond acceptors (Lipinski definition) is 7. The molecule has 0 amide bonds. The standard InChI is InChI=1S/C23H18ClN5S3/c24-20-11-10-17(12-25-20)14-30-22-28-27-21(29(22)13-16-6-2-1-3-7-16)15-31-23-26-18-8-4-5-9-19(18)32-23/h1-12H,13-15H2. The third-order valence-corrected chi connectivity index (χ3v) is 8.17. The zero-order valence-electron chi connectivity index (χ0n) is 16.9. The highest BCUT2D eigenvalue weighted by Gasteiger charge is 2.15. The largest absolute Gasteiger partial charge is 0.301 e. The van der Waals surface area contributed by atoms with Gasteiger partial charge < -0.3 is 4.57 Å². The van der Waals surface area contributed by atoms with Crippen molar-refractivity contribution >= 4 is 56.7 Å². The topological polar surface area (TPSA) is 56.5 Å². The fourth-order valence-electron chi connectivity index (χ4n) is 3.14. The molecule has 32 heavy (non-hydrogen) atoms. The average molecular weight is 496 g/mol. The van der Waals surface area contributed by atoms with E-state index in [1.165, 1.54) is 10.3 Å². The molecule has 0 unspecified atom stereocenters. The van der Waals surface area contributed by atoms with Gasteiger partial charge in [0.25, 0.3) is 0 Å². The summed E-state index contributed by atoms with van der Waals surface area (Å²) in [6.07, 6.45) is 1.80. The van der Waals surface area contributed by atoms with E-state index >= 15 is 0 Å². The van der Waals surface area contributed by atoms with Gasteiger partial charge in [-0.1, -0.05) is 83.7 Å². The van der Waals surface area contributed by atoms with Crippen LogP contribution in [0, 0.1) is 0 Å². The van der Waals surface area contributed by atoms with Crippen LogP contribution >= 0.6 is 46.5 Å². The smallest absolute Gasteiger partial charge is 0.191 e. The van der Waals surface area contributed by atoms with Crippen molar-refractivity contribution in [3.63, 3.8) is 0 Å². The van der Waals surface area contributed by atoms with Gasteiger partial charge in [0.1, 0.15) is 11.0 Å². The zero-order chi connectivity index (χ0) is 21.8. The first-order chi connectivity index (χ1) is 15.7. The molecule has 0 aliphatic heterocycles. The lowest BCUT2D eigenvalue weighted by molar-refractivity contribution is 0.685. The molecule has 0 saturated carbocycles. The van der Waals surface area contributed by atoms with Crippen molar-refractivity contribution in [2.75, 3.05) is 0 Å². The molecule has 5 nitrogen and oxygen atoms in total. The zero-order valence-corrected chi connectivity index (χ0v) is 20.1. The molecule has 160 valence electrons. The van der Waals surface area contributed by atoms with Crippen LogP contribution in [-0.4, -0.2) is 24.7 Å². The number of aromatic nitrogens is 5. The van der Waals surface area contributed by atoms with Gasteiger partial charge in [-0.25, -0.2) is 9.97 Å². The van der Waals surface area contributed by atoms with Gasteiger partial charge in [-0.05, 0) is 29.3 Å². The number of hydrogen-bond donors (Lipinski definition) is 0. The molecule has 0 fully saturated rings. The van der Waals surface area contributed by atoms with E-state index in [-0.39, 0.29) is 0 Å². The summed E-state index contributed by atoms with van der Waals surface area (Å²) < 4.78 is 4.44. The minimum atomic E-state index is 0.500. The Hall–Kier alpha value is -2.39. The van der Waals surface area contributed by atoms with Crippen molar-refractivity contribution in [2.45, 2.75) is 27.5 Å². The minimum Gasteiger partial charge on any atom is -0.301 e. The van der Waals surface area contributed by atoms with Crippen molar-refractivity contribution in [3.05, 3.63) is 95.0 Å². The van der Waals surface area contributed by atoms with Gasteiger partial charge >= 0.3 is 0 Å². The number of para-hydroxylation sites is 1. The van der Waals surface area contributed by atoms with Gasteiger partial charge in [-0.2, -0.15) is 0 Å². The monoisotopic (exact) mass is 495 g/mol. The number of halogens is 1. The highest BCUT2D eigenvalue weighted by molar-refractivity contribution is 8.00. The van der Waals surface area contributed by atoms with Crippen LogP contribution in [0.4, 0.5) is 0 Å². The number of pyridine rings is 1. The molecule has 5 rings (SSSR count). The van der Waals surface area contributed by atoms with E-state index in [2.05, 4.69) is 50.1 Å². The Labute approximate surface area is 203 Å². The van der Waals surface area contributed by atoms with Gasteiger partial charge in [0.05, 0.1) is 22.5 Å². The maximum absolute atomic E-state index is 5.91. The number of thioether (sulfide) groups is 2. The quantitative estimate of drug-likeness (QED) is 0.179. The molecular formula is C23H18ClN5S3. The van der Waals surface area contributed by atoms with E-state index in [1.54, 1.807) is 41.1 Å². The number of rotatable bonds is 8. The fourth-order valence-corrected chi connectivity index (χ4v) is 6.15. The van der Waals surface area contributed by atoms with E-state index in [1.807, 2.05) is 36.4 Å². The molecule has 0 spiro atoms. The van der Waals surface area contributed by atoms with Crippen molar-refractivity contribution in [2.24, 2.45) is 0 Å². The van der Waals surface area contributed by atoms with Crippen LogP contribution in [0.2, 0.25) is 5.15 Å². The molecule has 0 atom stereocenters.